The molecule has 23 heavy (non-hydrogen) atoms. The van der Waals surface area contributed by atoms with Crippen LogP contribution in [0, 0.1) is 0 Å². The van der Waals surface area contributed by atoms with Gasteiger partial charge in [-0.05, 0) is 36.6 Å². The predicted octanol–water partition coefficient (Wildman–Crippen LogP) is 5.26. The van der Waals surface area contributed by atoms with Crippen LogP contribution >= 0.6 is 0 Å². The van der Waals surface area contributed by atoms with Crippen molar-refractivity contribution in [1.82, 2.24) is 0 Å². The molecule has 0 amide bonds. The molecule has 0 radical (unpaired) electrons. The van der Waals surface area contributed by atoms with Crippen LogP contribution in [0.15, 0.2) is 18.2 Å². The summed E-state index contributed by atoms with van der Waals surface area (Å²) in [5.74, 6) is -0.555. The number of halogens is 6. The van der Waals surface area contributed by atoms with E-state index in [1.54, 1.807) is 6.92 Å². The van der Waals surface area contributed by atoms with Crippen LogP contribution in [-0.2, 0) is 6.42 Å². The zero-order chi connectivity index (χ0) is 17.5. The minimum absolute atomic E-state index is 0.0660. The molecule has 1 aromatic rings. The zero-order valence-electron chi connectivity index (χ0n) is 12.3. The number of hydrogen-bond acceptors (Lipinski definition) is 2. The highest BCUT2D eigenvalue weighted by Gasteiger charge is 2.55. The summed E-state index contributed by atoms with van der Waals surface area (Å²) in [4.78, 5) is 0. The van der Waals surface area contributed by atoms with Gasteiger partial charge in [-0.15, -0.1) is 13.2 Å². The molecule has 2 nitrogen and oxygen atoms in total. The summed E-state index contributed by atoms with van der Waals surface area (Å²) in [5, 5.41) is 0. The molecular formula is C15H14F6O2. The van der Waals surface area contributed by atoms with Gasteiger partial charge < -0.3 is 9.47 Å². The van der Waals surface area contributed by atoms with Crippen molar-refractivity contribution in [1.29, 1.82) is 0 Å². The average Bonchev–Trinajstić information content (AvgIpc) is 2.43. The van der Waals surface area contributed by atoms with Crippen molar-refractivity contribution in [3.63, 3.8) is 0 Å². The summed E-state index contributed by atoms with van der Waals surface area (Å²) in [6.07, 6.45) is -7.72. The molecule has 1 aliphatic rings. The van der Waals surface area contributed by atoms with Crippen molar-refractivity contribution in [3.8, 4) is 11.5 Å². The van der Waals surface area contributed by atoms with E-state index in [9.17, 15) is 26.3 Å². The fourth-order valence-electron chi connectivity index (χ4n) is 2.37. The molecule has 128 valence electrons. The first-order chi connectivity index (χ1) is 10.5. The Labute approximate surface area is 128 Å². The van der Waals surface area contributed by atoms with Gasteiger partial charge in [0.15, 0.2) is 0 Å². The average molecular weight is 340 g/mol. The lowest BCUT2D eigenvalue weighted by Gasteiger charge is -2.36. The van der Waals surface area contributed by atoms with Crippen LogP contribution in [0.2, 0.25) is 0 Å². The lowest BCUT2D eigenvalue weighted by atomic mass is 9.93. The number of aryl methyl sites for hydroxylation is 1. The molecule has 0 aliphatic carbocycles. The predicted molar refractivity (Wildman–Crippen MR) is 71.2 cm³/mol. The number of hydrogen-bond donors (Lipinski definition) is 0. The van der Waals surface area contributed by atoms with Crippen molar-refractivity contribution in [2.75, 3.05) is 0 Å². The molecule has 0 aromatic heterocycles. The molecule has 1 aromatic carbocycles. The first-order valence-electron chi connectivity index (χ1n) is 6.89. The second-order valence-electron chi connectivity index (χ2n) is 5.08. The van der Waals surface area contributed by atoms with Crippen molar-refractivity contribution in [3.05, 3.63) is 29.3 Å². The Morgan fingerprint density at radius 3 is 2.22 bits per heavy atom. The fraction of sp³-hybridized carbons (Fsp3) is 0.467. The van der Waals surface area contributed by atoms with Crippen LogP contribution in [0.4, 0.5) is 26.3 Å². The summed E-state index contributed by atoms with van der Waals surface area (Å²) >= 11 is 0. The van der Waals surface area contributed by atoms with Crippen LogP contribution in [-0.4, -0.2) is 18.1 Å². The number of ether oxygens (including phenoxy) is 2. The van der Waals surface area contributed by atoms with Gasteiger partial charge in [0.05, 0.1) is 0 Å². The molecule has 0 spiro atoms. The maximum atomic E-state index is 13.3. The van der Waals surface area contributed by atoms with E-state index < -0.39 is 23.9 Å². The maximum absolute atomic E-state index is 13.3. The smallest absolute Gasteiger partial charge is 0.473 e. The molecule has 0 bridgehead atoms. The van der Waals surface area contributed by atoms with E-state index in [1.165, 1.54) is 6.92 Å². The van der Waals surface area contributed by atoms with Crippen LogP contribution < -0.4 is 9.47 Å². The number of alkyl halides is 6. The maximum Gasteiger partial charge on any atom is 0.573 e. The first kappa shape index (κ1) is 17.5. The molecule has 8 heteroatoms. The van der Waals surface area contributed by atoms with Gasteiger partial charge in [0, 0.05) is 5.56 Å². The standard InChI is InChI=1S/C15H14F6O2/c1-3-9-7-11(22-15(19,20)21)8-10-5-6-13(4-2,14(16,17)18)23-12(9)10/h5-8H,3-4H2,1-2H3. The number of fused-ring (bicyclic) bond motifs is 1. The number of rotatable bonds is 3. The molecule has 0 saturated carbocycles. The Hall–Kier alpha value is -1.86. The molecule has 1 unspecified atom stereocenters. The van der Waals surface area contributed by atoms with E-state index in [1.807, 2.05) is 0 Å². The molecule has 1 heterocycles. The van der Waals surface area contributed by atoms with E-state index in [-0.39, 0.29) is 29.7 Å². The van der Waals surface area contributed by atoms with Crippen molar-refractivity contribution in [2.45, 2.75) is 44.8 Å². The molecular weight excluding hydrogens is 326 g/mol. The summed E-state index contributed by atoms with van der Waals surface area (Å²) in [6, 6.07) is 2.05. The molecule has 2 rings (SSSR count). The van der Waals surface area contributed by atoms with E-state index in [0.717, 1.165) is 24.3 Å². The van der Waals surface area contributed by atoms with Crippen LogP contribution in [0.3, 0.4) is 0 Å². The second kappa shape index (κ2) is 5.65. The molecule has 0 N–H and O–H groups in total. The van der Waals surface area contributed by atoms with Crippen molar-refractivity contribution >= 4 is 6.08 Å². The van der Waals surface area contributed by atoms with Gasteiger partial charge in [0.25, 0.3) is 0 Å². The Morgan fingerprint density at radius 2 is 1.74 bits per heavy atom. The Bertz CT molecular complexity index is 618. The van der Waals surface area contributed by atoms with Crippen LogP contribution in [0.1, 0.15) is 31.4 Å². The lowest BCUT2D eigenvalue weighted by molar-refractivity contribution is -0.274. The van der Waals surface area contributed by atoms with E-state index in [0.29, 0.717) is 0 Å². The van der Waals surface area contributed by atoms with E-state index >= 15 is 0 Å². The monoisotopic (exact) mass is 340 g/mol. The molecule has 1 atom stereocenters. The zero-order valence-corrected chi connectivity index (χ0v) is 12.3. The fourth-order valence-corrected chi connectivity index (χ4v) is 2.37. The quantitative estimate of drug-likeness (QED) is 0.699. The topological polar surface area (TPSA) is 18.5 Å². The van der Waals surface area contributed by atoms with Gasteiger partial charge in [-0.2, -0.15) is 13.2 Å². The summed E-state index contributed by atoms with van der Waals surface area (Å²) in [7, 11) is 0. The van der Waals surface area contributed by atoms with Gasteiger partial charge in [-0.1, -0.05) is 19.9 Å². The van der Waals surface area contributed by atoms with Gasteiger partial charge in [-0.3, -0.25) is 0 Å². The third-order valence-corrected chi connectivity index (χ3v) is 3.60. The van der Waals surface area contributed by atoms with Gasteiger partial charge in [0.1, 0.15) is 11.5 Å². The normalized spacial score (nSPS) is 20.9. The minimum atomic E-state index is -4.88. The van der Waals surface area contributed by atoms with Crippen molar-refractivity contribution in [2.24, 2.45) is 0 Å². The highest BCUT2D eigenvalue weighted by atomic mass is 19.4. The SMILES string of the molecule is CCc1cc(OC(F)(F)F)cc2c1OC(CC)(C(F)(F)F)C=C2. The highest BCUT2D eigenvalue weighted by Crippen LogP contribution is 2.45. The summed E-state index contributed by atoms with van der Waals surface area (Å²) in [6.45, 7) is 2.94. The Morgan fingerprint density at radius 1 is 1.09 bits per heavy atom. The lowest BCUT2D eigenvalue weighted by Crippen LogP contribution is -2.49. The first-order valence-corrected chi connectivity index (χ1v) is 6.89. The third kappa shape index (κ3) is 3.40. The third-order valence-electron chi connectivity index (χ3n) is 3.60. The van der Waals surface area contributed by atoms with E-state index in [2.05, 4.69) is 4.74 Å². The van der Waals surface area contributed by atoms with Gasteiger partial charge >= 0.3 is 12.5 Å². The Balaban J connectivity index is 2.49. The van der Waals surface area contributed by atoms with Gasteiger partial charge in [0.2, 0.25) is 5.60 Å². The van der Waals surface area contributed by atoms with E-state index in [4.69, 9.17) is 4.74 Å². The summed E-state index contributed by atoms with van der Waals surface area (Å²) < 4.78 is 85.8. The largest absolute Gasteiger partial charge is 0.573 e. The second-order valence-corrected chi connectivity index (χ2v) is 5.08. The van der Waals surface area contributed by atoms with Crippen LogP contribution in [0.25, 0.3) is 6.08 Å². The van der Waals surface area contributed by atoms with Crippen LogP contribution in [0.5, 0.6) is 11.5 Å². The highest BCUT2D eigenvalue weighted by molar-refractivity contribution is 5.66. The van der Waals surface area contributed by atoms with Crippen molar-refractivity contribution < 1.29 is 35.8 Å². The van der Waals surface area contributed by atoms with Gasteiger partial charge in [-0.25, -0.2) is 0 Å². The minimum Gasteiger partial charge on any atom is -0.473 e. The number of benzene rings is 1. The molecule has 0 saturated heterocycles. The molecule has 0 fully saturated rings. The Kier molecular flexibility index (Phi) is 4.30. The molecule has 1 aliphatic heterocycles. The summed E-state index contributed by atoms with van der Waals surface area (Å²) in [5.41, 5.74) is -2.14.